The highest BCUT2D eigenvalue weighted by Gasteiger charge is 2.24. The van der Waals surface area contributed by atoms with Crippen molar-refractivity contribution in [2.24, 2.45) is 0 Å². The summed E-state index contributed by atoms with van der Waals surface area (Å²) >= 11 is 0. The summed E-state index contributed by atoms with van der Waals surface area (Å²) in [5, 5.41) is 3.88. The monoisotopic (exact) mass is 243 g/mol. The van der Waals surface area contributed by atoms with Crippen LogP contribution in [0.15, 0.2) is 61.1 Å². The predicted octanol–water partition coefficient (Wildman–Crippen LogP) is 2.48. The quantitative estimate of drug-likeness (QED) is 0.791. The van der Waals surface area contributed by atoms with Crippen LogP contribution in [0.1, 0.15) is 6.92 Å². The van der Waals surface area contributed by atoms with Crippen LogP contribution >= 0.6 is 0 Å². The van der Waals surface area contributed by atoms with E-state index in [9.17, 15) is 4.79 Å². The number of hydrogen-bond acceptors (Lipinski definition) is 1. The first kappa shape index (κ1) is 13.2. The van der Waals surface area contributed by atoms with Crippen LogP contribution in [0, 0.1) is 0 Å². The van der Waals surface area contributed by atoms with E-state index in [2.05, 4.69) is 25.1 Å². The Morgan fingerprint density at radius 2 is 1.82 bits per heavy atom. The molecule has 0 fully saturated rings. The Hall–Kier alpha value is -1.87. The Labute approximate surface area is 103 Å². The molecule has 0 atom stereocenters. The van der Waals surface area contributed by atoms with E-state index < -0.39 is 8.07 Å². The molecule has 2 nitrogen and oxygen atoms in total. The molecule has 0 aliphatic carbocycles. The molecule has 1 aromatic rings. The van der Waals surface area contributed by atoms with Gasteiger partial charge in [-0.3, -0.25) is 4.79 Å². The fraction of sp³-hybridized carbons (Fsp3) is 0.0714. The number of rotatable bonds is 5. The summed E-state index contributed by atoms with van der Waals surface area (Å²) in [5.74, 6) is -0.0785. The molecule has 0 heterocycles. The topological polar surface area (TPSA) is 29.1 Å². The Balaban J connectivity index is 3.21. The molecule has 0 unspecified atom stereocenters. The van der Waals surface area contributed by atoms with Crippen molar-refractivity contribution in [1.82, 2.24) is 0 Å². The van der Waals surface area contributed by atoms with Crippen LogP contribution in [-0.2, 0) is 4.79 Å². The Morgan fingerprint density at radius 3 is 2.29 bits per heavy atom. The zero-order chi connectivity index (χ0) is 12.9. The third-order valence-corrected chi connectivity index (χ3v) is 6.03. The highest BCUT2D eigenvalue weighted by molar-refractivity contribution is 7.03. The minimum Gasteiger partial charge on any atom is -0.326 e. The first-order chi connectivity index (χ1) is 8.07. The second-order valence-corrected chi connectivity index (χ2v) is 7.48. The van der Waals surface area contributed by atoms with E-state index in [0.29, 0.717) is 0 Å². The Bertz CT molecular complexity index is 443. The van der Waals surface area contributed by atoms with Gasteiger partial charge >= 0.3 is 0 Å². The lowest BCUT2D eigenvalue weighted by Crippen LogP contribution is -2.42. The summed E-state index contributed by atoms with van der Waals surface area (Å²) in [6, 6.07) is 7.75. The van der Waals surface area contributed by atoms with Crippen molar-refractivity contribution in [1.29, 1.82) is 0 Å². The first-order valence-electron chi connectivity index (χ1n) is 5.37. The van der Waals surface area contributed by atoms with E-state index >= 15 is 0 Å². The molecule has 0 aliphatic rings. The van der Waals surface area contributed by atoms with E-state index in [1.165, 1.54) is 6.92 Å². The number of hydrogen-bond donors (Lipinski definition) is 1. The number of carbonyl (C=O) groups is 1. The molecule has 1 rings (SSSR count). The largest absolute Gasteiger partial charge is 0.326 e. The molecular weight excluding hydrogens is 226 g/mol. The van der Waals surface area contributed by atoms with Gasteiger partial charge in [-0.25, -0.2) is 0 Å². The maximum Gasteiger partial charge on any atom is 0.221 e. The van der Waals surface area contributed by atoms with Crippen LogP contribution in [0.25, 0.3) is 0 Å². The predicted molar refractivity (Wildman–Crippen MR) is 76.7 cm³/mol. The standard InChI is InChI=1S/C14H17NOSi/c1-5-17(6-2,7-3)14-10-8-9-13(11-14)15-12(4)16/h5-11H,1-3H2,4H3,(H,15,16). The zero-order valence-corrected chi connectivity index (χ0v) is 11.1. The van der Waals surface area contributed by atoms with E-state index in [1.807, 2.05) is 41.4 Å². The van der Waals surface area contributed by atoms with E-state index in [4.69, 9.17) is 0 Å². The average Bonchev–Trinajstić information content (AvgIpc) is 2.32. The molecule has 0 saturated heterocycles. The van der Waals surface area contributed by atoms with Crippen molar-refractivity contribution in [2.45, 2.75) is 6.92 Å². The molecule has 88 valence electrons. The minimum atomic E-state index is -2.04. The fourth-order valence-corrected chi connectivity index (χ4v) is 3.67. The van der Waals surface area contributed by atoms with Crippen molar-refractivity contribution in [2.75, 3.05) is 5.32 Å². The molecular formula is C14H17NOSi. The van der Waals surface area contributed by atoms with Crippen molar-refractivity contribution < 1.29 is 4.79 Å². The highest BCUT2D eigenvalue weighted by Crippen LogP contribution is 2.12. The zero-order valence-electron chi connectivity index (χ0n) is 10.1. The van der Waals surface area contributed by atoms with Crippen molar-refractivity contribution in [3.63, 3.8) is 0 Å². The lowest BCUT2D eigenvalue weighted by atomic mass is 10.3. The Morgan fingerprint density at radius 1 is 1.24 bits per heavy atom. The normalized spacial score (nSPS) is 10.4. The number of benzene rings is 1. The SMILES string of the molecule is C=C[Si](C=C)(C=C)c1cccc(NC(C)=O)c1. The molecule has 0 spiro atoms. The molecule has 0 aromatic heterocycles. The van der Waals surface area contributed by atoms with Crippen LogP contribution in [0.4, 0.5) is 5.69 Å². The summed E-state index contributed by atoms with van der Waals surface area (Å²) in [5.41, 5.74) is 6.54. The van der Waals surface area contributed by atoms with Gasteiger partial charge in [0, 0.05) is 12.6 Å². The molecule has 17 heavy (non-hydrogen) atoms. The molecule has 1 amide bonds. The van der Waals surface area contributed by atoms with E-state index in [0.717, 1.165) is 10.9 Å². The smallest absolute Gasteiger partial charge is 0.221 e. The first-order valence-corrected chi connectivity index (χ1v) is 7.60. The van der Waals surface area contributed by atoms with Gasteiger partial charge in [0.2, 0.25) is 5.91 Å². The number of amides is 1. The highest BCUT2D eigenvalue weighted by atomic mass is 28.3. The van der Waals surface area contributed by atoms with Gasteiger partial charge in [-0.2, -0.15) is 0 Å². The van der Waals surface area contributed by atoms with Crippen molar-refractivity contribution >= 4 is 24.9 Å². The summed E-state index contributed by atoms with van der Waals surface area (Å²) in [4.78, 5) is 11.0. The molecule has 0 radical (unpaired) electrons. The van der Waals surface area contributed by atoms with Gasteiger partial charge in [-0.1, -0.05) is 29.2 Å². The van der Waals surface area contributed by atoms with Crippen LogP contribution in [0.3, 0.4) is 0 Å². The minimum absolute atomic E-state index is 0.0785. The van der Waals surface area contributed by atoms with E-state index in [-0.39, 0.29) is 5.91 Å². The Kier molecular flexibility index (Phi) is 4.23. The van der Waals surface area contributed by atoms with Gasteiger partial charge in [0.05, 0.1) is 0 Å². The maximum atomic E-state index is 11.0. The second kappa shape index (κ2) is 5.45. The van der Waals surface area contributed by atoms with Gasteiger partial charge in [-0.05, 0) is 17.3 Å². The van der Waals surface area contributed by atoms with Crippen LogP contribution in [0.2, 0.25) is 0 Å². The lowest BCUT2D eigenvalue weighted by Gasteiger charge is -2.20. The van der Waals surface area contributed by atoms with Gasteiger partial charge in [-0.15, -0.1) is 19.7 Å². The number of nitrogens with one attached hydrogen (secondary N) is 1. The number of carbonyl (C=O) groups excluding carboxylic acids is 1. The van der Waals surface area contributed by atoms with Gasteiger partial charge in [0.1, 0.15) is 0 Å². The molecule has 0 aliphatic heterocycles. The van der Waals surface area contributed by atoms with Gasteiger partial charge in [0.25, 0.3) is 0 Å². The summed E-state index contributed by atoms with van der Waals surface area (Å²) in [6.45, 7) is 13.1. The van der Waals surface area contributed by atoms with Crippen molar-refractivity contribution in [3.05, 3.63) is 61.1 Å². The molecule has 1 aromatic carbocycles. The fourth-order valence-electron chi connectivity index (χ4n) is 1.67. The van der Waals surface area contributed by atoms with Crippen molar-refractivity contribution in [3.8, 4) is 0 Å². The third kappa shape index (κ3) is 2.82. The molecule has 3 heteroatoms. The summed E-state index contributed by atoms with van der Waals surface area (Å²) in [7, 11) is -2.04. The molecule has 1 N–H and O–H groups in total. The van der Waals surface area contributed by atoms with Gasteiger partial charge < -0.3 is 5.32 Å². The molecule has 0 bridgehead atoms. The van der Waals surface area contributed by atoms with E-state index in [1.54, 1.807) is 0 Å². The maximum absolute atomic E-state index is 11.0. The summed E-state index contributed by atoms with van der Waals surface area (Å²) < 4.78 is 0. The van der Waals surface area contributed by atoms with Gasteiger partial charge in [0.15, 0.2) is 8.07 Å². The summed E-state index contributed by atoms with van der Waals surface area (Å²) in [6.07, 6.45) is 0. The lowest BCUT2D eigenvalue weighted by molar-refractivity contribution is -0.114. The second-order valence-electron chi connectivity index (χ2n) is 3.81. The van der Waals surface area contributed by atoms with Crippen LogP contribution < -0.4 is 10.5 Å². The number of anilines is 1. The van der Waals surface area contributed by atoms with Crippen LogP contribution in [0.5, 0.6) is 0 Å². The molecule has 0 saturated carbocycles. The van der Waals surface area contributed by atoms with Crippen LogP contribution in [-0.4, -0.2) is 14.0 Å². The average molecular weight is 243 g/mol. The third-order valence-electron chi connectivity index (χ3n) is 2.70.